The van der Waals surface area contributed by atoms with Crippen molar-refractivity contribution in [2.75, 3.05) is 31.6 Å². The smallest absolute Gasteiger partial charge is 0.307 e. The Morgan fingerprint density at radius 3 is 2.79 bits per heavy atom. The third kappa shape index (κ3) is 6.34. The lowest BCUT2D eigenvalue weighted by atomic mass is 10.0. The van der Waals surface area contributed by atoms with E-state index in [1.165, 1.54) is 0 Å². The Morgan fingerprint density at radius 2 is 2.07 bits per heavy atom. The molecule has 1 atom stereocenters. The van der Waals surface area contributed by atoms with Gasteiger partial charge >= 0.3 is 5.97 Å². The third-order valence-corrected chi connectivity index (χ3v) is 4.77. The van der Waals surface area contributed by atoms with Crippen LogP contribution in [0.3, 0.4) is 0 Å². The molecule has 1 aliphatic rings. The van der Waals surface area contributed by atoms with E-state index >= 15 is 0 Å². The number of unbranched alkanes of at least 4 members (excludes halogenated alkanes) is 1. The summed E-state index contributed by atoms with van der Waals surface area (Å²) < 4.78 is 5.18. The molecule has 0 spiro atoms. The molecule has 28 heavy (non-hydrogen) atoms. The van der Waals surface area contributed by atoms with Crippen LogP contribution in [0.5, 0.6) is 0 Å². The van der Waals surface area contributed by atoms with Gasteiger partial charge in [0.1, 0.15) is 6.04 Å². The molecule has 0 saturated carbocycles. The van der Waals surface area contributed by atoms with E-state index in [1.807, 2.05) is 31.2 Å². The van der Waals surface area contributed by atoms with Crippen molar-refractivity contribution in [1.82, 2.24) is 10.2 Å². The van der Waals surface area contributed by atoms with Gasteiger partial charge in [0.05, 0.1) is 19.6 Å². The third-order valence-electron chi connectivity index (χ3n) is 4.77. The normalized spacial score (nSPS) is 17.3. The molecule has 0 aliphatic carbocycles. The first-order valence-electron chi connectivity index (χ1n) is 9.98. The summed E-state index contributed by atoms with van der Waals surface area (Å²) in [6, 6.07) is 7.00. The Hall–Kier alpha value is -2.41. The van der Waals surface area contributed by atoms with Gasteiger partial charge in [-0.25, -0.2) is 0 Å². The van der Waals surface area contributed by atoms with Crippen LogP contribution in [0.2, 0.25) is 0 Å². The van der Waals surface area contributed by atoms with Crippen LogP contribution in [-0.4, -0.2) is 55.0 Å². The van der Waals surface area contributed by atoms with E-state index in [2.05, 4.69) is 24.5 Å². The summed E-state index contributed by atoms with van der Waals surface area (Å²) in [7, 11) is 0. The summed E-state index contributed by atoms with van der Waals surface area (Å²) in [5.74, 6) is -0.574. The van der Waals surface area contributed by atoms with E-state index in [1.54, 1.807) is 4.90 Å². The molecule has 154 valence electrons. The highest BCUT2D eigenvalue weighted by Crippen LogP contribution is 2.23. The molecular formula is C21H31N3O4. The van der Waals surface area contributed by atoms with Crippen molar-refractivity contribution in [2.45, 2.75) is 52.0 Å². The number of nitrogens with zero attached hydrogens (tertiary/aromatic N) is 1. The standard InChI is InChI=1S/C21H31N3O4/c1-4-5-12-28-20(26)13-18-21(27)22-10-11-24(18)14-19(25)23-17-9-7-6-8-16(17)15(2)3/h6-9,15,18H,4-5,10-14H2,1-3H3,(H,22,27)(H,23,25). The molecule has 7 heteroatoms. The number of nitrogens with one attached hydrogen (secondary N) is 2. The minimum absolute atomic E-state index is 0.0484. The summed E-state index contributed by atoms with van der Waals surface area (Å²) in [6.45, 7) is 7.53. The van der Waals surface area contributed by atoms with E-state index in [4.69, 9.17) is 4.74 Å². The number of hydrogen-bond acceptors (Lipinski definition) is 5. The van der Waals surface area contributed by atoms with E-state index in [9.17, 15) is 14.4 Å². The van der Waals surface area contributed by atoms with Crippen LogP contribution in [-0.2, 0) is 19.1 Å². The molecule has 1 heterocycles. The zero-order chi connectivity index (χ0) is 20.5. The molecular weight excluding hydrogens is 358 g/mol. The summed E-state index contributed by atoms with van der Waals surface area (Å²) in [4.78, 5) is 38.7. The molecule has 7 nitrogen and oxygen atoms in total. The Bertz CT molecular complexity index is 690. The van der Waals surface area contributed by atoms with Gasteiger partial charge in [-0.1, -0.05) is 45.4 Å². The lowest BCUT2D eigenvalue weighted by Gasteiger charge is -2.34. The quantitative estimate of drug-likeness (QED) is 0.500. The van der Waals surface area contributed by atoms with Gasteiger partial charge in [0.2, 0.25) is 11.8 Å². The van der Waals surface area contributed by atoms with Gasteiger partial charge in [0, 0.05) is 18.8 Å². The lowest BCUT2D eigenvalue weighted by molar-refractivity contribution is -0.149. The maximum absolute atomic E-state index is 12.6. The number of hydrogen-bond donors (Lipinski definition) is 2. The molecule has 1 aliphatic heterocycles. The van der Waals surface area contributed by atoms with Crippen LogP contribution >= 0.6 is 0 Å². The zero-order valence-corrected chi connectivity index (χ0v) is 17.0. The highest BCUT2D eigenvalue weighted by molar-refractivity contribution is 5.94. The van der Waals surface area contributed by atoms with Gasteiger partial charge in [-0.15, -0.1) is 0 Å². The van der Waals surface area contributed by atoms with Gasteiger partial charge in [0.25, 0.3) is 0 Å². The number of esters is 1. The minimum atomic E-state index is -0.686. The zero-order valence-electron chi connectivity index (χ0n) is 17.0. The van der Waals surface area contributed by atoms with Gasteiger partial charge in [-0.2, -0.15) is 0 Å². The summed E-state index contributed by atoms with van der Waals surface area (Å²) >= 11 is 0. The molecule has 2 amide bonds. The maximum atomic E-state index is 12.6. The summed E-state index contributed by atoms with van der Waals surface area (Å²) in [6.07, 6.45) is 1.68. The fraction of sp³-hybridized carbons (Fsp3) is 0.571. The monoisotopic (exact) mass is 389 g/mol. The number of rotatable bonds is 9. The highest BCUT2D eigenvalue weighted by Gasteiger charge is 2.33. The van der Waals surface area contributed by atoms with Crippen molar-refractivity contribution in [3.8, 4) is 0 Å². The molecule has 1 aromatic rings. The minimum Gasteiger partial charge on any atom is -0.466 e. The van der Waals surface area contributed by atoms with Crippen molar-refractivity contribution in [3.63, 3.8) is 0 Å². The second kappa shape index (κ2) is 10.8. The predicted octanol–water partition coefficient (Wildman–Crippen LogP) is 2.28. The highest BCUT2D eigenvalue weighted by atomic mass is 16.5. The van der Waals surface area contributed by atoms with Gasteiger partial charge < -0.3 is 15.4 Å². The van der Waals surface area contributed by atoms with Gasteiger partial charge in [-0.3, -0.25) is 19.3 Å². The molecule has 0 bridgehead atoms. The molecule has 1 saturated heterocycles. The summed E-state index contributed by atoms with van der Waals surface area (Å²) in [5.41, 5.74) is 1.84. The van der Waals surface area contributed by atoms with E-state index in [0.29, 0.717) is 19.7 Å². The molecule has 2 N–H and O–H groups in total. The Morgan fingerprint density at radius 1 is 1.32 bits per heavy atom. The largest absolute Gasteiger partial charge is 0.466 e. The second-order valence-electron chi connectivity index (χ2n) is 7.35. The first kappa shape index (κ1) is 21.9. The van der Waals surface area contributed by atoms with Crippen molar-refractivity contribution in [3.05, 3.63) is 29.8 Å². The number of carbonyl (C=O) groups is 3. The van der Waals surface area contributed by atoms with Crippen LogP contribution in [0.15, 0.2) is 24.3 Å². The molecule has 1 aromatic carbocycles. The summed E-state index contributed by atoms with van der Waals surface area (Å²) in [5, 5.41) is 5.70. The van der Waals surface area contributed by atoms with E-state index < -0.39 is 12.0 Å². The molecule has 0 aromatic heterocycles. The van der Waals surface area contributed by atoms with Crippen LogP contribution in [0.25, 0.3) is 0 Å². The van der Waals surface area contributed by atoms with E-state index in [0.717, 1.165) is 24.1 Å². The average molecular weight is 389 g/mol. The van der Waals surface area contributed by atoms with Gasteiger partial charge in [0.15, 0.2) is 0 Å². The van der Waals surface area contributed by atoms with Crippen molar-refractivity contribution in [1.29, 1.82) is 0 Å². The Kier molecular flexibility index (Phi) is 8.44. The number of para-hydroxylation sites is 1. The lowest BCUT2D eigenvalue weighted by Crippen LogP contribution is -2.57. The van der Waals surface area contributed by atoms with Crippen molar-refractivity contribution >= 4 is 23.5 Å². The second-order valence-corrected chi connectivity index (χ2v) is 7.35. The molecule has 1 fully saturated rings. The SMILES string of the molecule is CCCCOC(=O)CC1C(=O)NCCN1CC(=O)Nc1ccccc1C(C)C. The number of ether oxygens (including phenoxy) is 1. The first-order valence-corrected chi connectivity index (χ1v) is 9.98. The fourth-order valence-corrected chi connectivity index (χ4v) is 3.21. The molecule has 0 radical (unpaired) electrons. The Balaban J connectivity index is 1.98. The van der Waals surface area contributed by atoms with E-state index in [-0.39, 0.29) is 30.7 Å². The van der Waals surface area contributed by atoms with Crippen LogP contribution in [0.4, 0.5) is 5.69 Å². The number of piperazine rings is 1. The van der Waals surface area contributed by atoms with Crippen LogP contribution in [0, 0.1) is 0 Å². The number of carbonyl (C=O) groups excluding carboxylic acids is 3. The molecule has 1 unspecified atom stereocenters. The Labute approximate surface area is 166 Å². The first-order chi connectivity index (χ1) is 13.4. The topological polar surface area (TPSA) is 87.7 Å². The predicted molar refractivity (Wildman–Crippen MR) is 108 cm³/mol. The van der Waals surface area contributed by atoms with Crippen molar-refractivity contribution < 1.29 is 19.1 Å². The van der Waals surface area contributed by atoms with Crippen LogP contribution in [0.1, 0.15) is 51.5 Å². The van der Waals surface area contributed by atoms with Gasteiger partial charge in [-0.05, 0) is 24.0 Å². The van der Waals surface area contributed by atoms with Crippen molar-refractivity contribution in [2.24, 2.45) is 0 Å². The maximum Gasteiger partial charge on any atom is 0.307 e. The van der Waals surface area contributed by atoms with Crippen LogP contribution < -0.4 is 10.6 Å². The number of benzene rings is 1. The average Bonchev–Trinajstić information content (AvgIpc) is 2.65. The number of anilines is 1. The number of amides is 2. The fourth-order valence-electron chi connectivity index (χ4n) is 3.21. The molecule has 2 rings (SSSR count).